The Labute approximate surface area is 64.4 Å². The van der Waals surface area contributed by atoms with Crippen LogP contribution in [0.2, 0.25) is 0 Å². The summed E-state index contributed by atoms with van der Waals surface area (Å²) in [7, 11) is 0. The van der Waals surface area contributed by atoms with Crippen LogP contribution in [0.25, 0.3) is 0 Å². The second-order valence-corrected chi connectivity index (χ2v) is 2.29. The zero-order valence-electron chi connectivity index (χ0n) is 5.75. The largest absolute Gasteiger partial charge is 0.459 e. The number of hydrogen-bond acceptors (Lipinski definition) is 2. The highest BCUT2D eigenvalue weighted by Gasteiger charge is 2.61. The smallest absolute Gasteiger partial charge is 0.310 e. The molecule has 0 aromatic heterocycles. The number of rotatable bonds is 1. The van der Waals surface area contributed by atoms with Crippen LogP contribution in [0.1, 0.15) is 6.42 Å². The molecular weight excluding hydrogens is 183 g/mol. The summed E-state index contributed by atoms with van der Waals surface area (Å²) in [5, 5.41) is 2.87. The highest BCUT2D eigenvalue weighted by Crippen LogP contribution is 2.37. The molecule has 2 nitrogen and oxygen atoms in total. The Hall–Kier alpha value is -0.880. The predicted molar refractivity (Wildman–Crippen MR) is 31.1 cm³/mol. The summed E-state index contributed by atoms with van der Waals surface area (Å²) < 4.78 is 59.6. The lowest BCUT2D eigenvalue weighted by Gasteiger charge is -2.18. The fraction of sp³-hybridized carbons (Fsp3) is 0.800. The monoisotopic (exact) mass is 188 g/mol. The number of halogens is 5. The summed E-state index contributed by atoms with van der Waals surface area (Å²) in [6.07, 6.45) is -5.91. The molecule has 1 heterocycles. The number of nitrogens with zero attached hydrogens (tertiary/aromatic N) is 1. The van der Waals surface area contributed by atoms with Gasteiger partial charge in [-0.05, 0) is 0 Å². The van der Waals surface area contributed by atoms with Gasteiger partial charge in [0.2, 0.25) is 0 Å². The molecule has 0 atom stereocenters. The Kier molecular flexibility index (Phi) is 1.97. The van der Waals surface area contributed by atoms with E-state index in [1.165, 1.54) is 0 Å². The lowest BCUT2D eigenvalue weighted by molar-refractivity contribution is -0.249. The van der Waals surface area contributed by atoms with Gasteiger partial charge in [-0.15, -0.1) is 0 Å². The normalized spacial score (nSPS) is 18.9. The molecule has 0 radical (unpaired) electrons. The molecule has 12 heavy (non-hydrogen) atoms. The third kappa shape index (κ3) is 1.35. The first kappa shape index (κ1) is 9.21. The molecular formula is C5H5F5N2. The van der Waals surface area contributed by atoms with Crippen molar-refractivity contribution in [2.75, 3.05) is 6.54 Å². The van der Waals surface area contributed by atoms with E-state index in [0.717, 1.165) is 0 Å². The average Bonchev–Trinajstić information content (AvgIpc) is 2.34. The Morgan fingerprint density at radius 2 is 1.75 bits per heavy atom. The van der Waals surface area contributed by atoms with Crippen molar-refractivity contribution in [3.8, 4) is 0 Å². The van der Waals surface area contributed by atoms with Gasteiger partial charge >= 0.3 is 12.1 Å². The summed E-state index contributed by atoms with van der Waals surface area (Å²) in [6, 6.07) is 0. The molecule has 7 heteroatoms. The van der Waals surface area contributed by atoms with Crippen LogP contribution in [-0.4, -0.2) is 24.4 Å². The van der Waals surface area contributed by atoms with Crippen LogP contribution in [0.4, 0.5) is 22.0 Å². The summed E-state index contributed by atoms with van der Waals surface area (Å²) in [4.78, 5) is 0. The van der Waals surface area contributed by atoms with E-state index < -0.39 is 17.8 Å². The van der Waals surface area contributed by atoms with Gasteiger partial charge in [0.05, 0.1) is 0 Å². The maximum atomic E-state index is 12.3. The van der Waals surface area contributed by atoms with Gasteiger partial charge in [0, 0.05) is 13.0 Å². The Bertz CT molecular complexity index is 206. The fourth-order valence-corrected chi connectivity index (χ4v) is 0.772. The summed E-state index contributed by atoms with van der Waals surface area (Å²) >= 11 is 0. The van der Waals surface area contributed by atoms with E-state index in [9.17, 15) is 22.0 Å². The molecule has 70 valence electrons. The maximum Gasteiger partial charge on any atom is 0.459 e. The lowest BCUT2D eigenvalue weighted by atomic mass is 10.1. The van der Waals surface area contributed by atoms with Gasteiger partial charge in [-0.2, -0.15) is 27.1 Å². The molecule has 1 rings (SSSR count). The van der Waals surface area contributed by atoms with E-state index in [-0.39, 0.29) is 13.0 Å². The molecule has 0 fully saturated rings. The molecule has 0 spiro atoms. The van der Waals surface area contributed by atoms with Gasteiger partial charge < -0.3 is 5.43 Å². The zero-order valence-corrected chi connectivity index (χ0v) is 5.75. The summed E-state index contributed by atoms with van der Waals surface area (Å²) in [6.45, 7) is 0.0288. The van der Waals surface area contributed by atoms with Gasteiger partial charge in [-0.25, -0.2) is 0 Å². The van der Waals surface area contributed by atoms with Crippen molar-refractivity contribution in [1.82, 2.24) is 5.43 Å². The number of alkyl halides is 5. The summed E-state index contributed by atoms with van der Waals surface area (Å²) in [5.41, 5.74) is 0.915. The number of hydrazone groups is 1. The topological polar surface area (TPSA) is 24.4 Å². The molecule has 0 bridgehead atoms. The van der Waals surface area contributed by atoms with Gasteiger partial charge in [-0.3, -0.25) is 0 Å². The molecule has 0 aromatic rings. The minimum Gasteiger partial charge on any atom is -0.310 e. The molecule has 0 saturated carbocycles. The molecule has 0 saturated heterocycles. The van der Waals surface area contributed by atoms with Crippen molar-refractivity contribution < 1.29 is 22.0 Å². The first-order valence-electron chi connectivity index (χ1n) is 3.10. The molecule has 0 aromatic carbocycles. The number of hydrogen-bond donors (Lipinski definition) is 1. The fourth-order valence-electron chi connectivity index (χ4n) is 0.772. The Balaban J connectivity index is 2.84. The van der Waals surface area contributed by atoms with Crippen LogP contribution in [0.15, 0.2) is 5.10 Å². The van der Waals surface area contributed by atoms with Gasteiger partial charge in [0.1, 0.15) is 5.71 Å². The average molecular weight is 188 g/mol. The zero-order chi connectivity index (χ0) is 9.41. The maximum absolute atomic E-state index is 12.3. The van der Waals surface area contributed by atoms with E-state index in [4.69, 9.17) is 0 Å². The van der Waals surface area contributed by atoms with Crippen molar-refractivity contribution in [2.45, 2.75) is 18.5 Å². The minimum atomic E-state index is -5.54. The SMILES string of the molecule is FC(F)(F)C(F)(F)C1=NNCC1. The Morgan fingerprint density at radius 1 is 1.17 bits per heavy atom. The first-order valence-corrected chi connectivity index (χ1v) is 3.10. The molecule has 1 aliphatic rings. The second-order valence-electron chi connectivity index (χ2n) is 2.29. The van der Waals surface area contributed by atoms with E-state index in [1.807, 2.05) is 0 Å². The second kappa shape index (κ2) is 2.56. The van der Waals surface area contributed by atoms with Gasteiger partial charge in [0.25, 0.3) is 0 Å². The van der Waals surface area contributed by atoms with Crippen molar-refractivity contribution >= 4 is 5.71 Å². The van der Waals surface area contributed by atoms with E-state index in [1.54, 1.807) is 0 Å². The first-order chi connectivity index (χ1) is 5.36. The third-order valence-corrected chi connectivity index (χ3v) is 1.41. The van der Waals surface area contributed by atoms with Crippen molar-refractivity contribution in [2.24, 2.45) is 5.10 Å². The highest BCUT2D eigenvalue weighted by atomic mass is 19.4. The van der Waals surface area contributed by atoms with Gasteiger partial charge in [-0.1, -0.05) is 0 Å². The molecule has 0 unspecified atom stereocenters. The predicted octanol–water partition coefficient (Wildman–Crippen LogP) is 1.53. The Morgan fingerprint density at radius 3 is 2.08 bits per heavy atom. The van der Waals surface area contributed by atoms with Crippen LogP contribution in [0.3, 0.4) is 0 Å². The lowest BCUT2D eigenvalue weighted by Crippen LogP contribution is -2.43. The quantitative estimate of drug-likeness (QED) is 0.620. The van der Waals surface area contributed by atoms with Crippen LogP contribution >= 0.6 is 0 Å². The van der Waals surface area contributed by atoms with Crippen molar-refractivity contribution in [3.05, 3.63) is 0 Å². The van der Waals surface area contributed by atoms with Gasteiger partial charge in [0.15, 0.2) is 0 Å². The van der Waals surface area contributed by atoms with Crippen LogP contribution < -0.4 is 5.43 Å². The minimum absolute atomic E-state index is 0.0288. The van der Waals surface area contributed by atoms with Crippen LogP contribution in [-0.2, 0) is 0 Å². The third-order valence-electron chi connectivity index (χ3n) is 1.41. The molecule has 0 aliphatic carbocycles. The molecule has 1 N–H and O–H groups in total. The van der Waals surface area contributed by atoms with Crippen LogP contribution in [0, 0.1) is 0 Å². The van der Waals surface area contributed by atoms with E-state index in [2.05, 4.69) is 10.5 Å². The summed E-state index contributed by atoms with van der Waals surface area (Å²) in [5.74, 6) is -4.80. The van der Waals surface area contributed by atoms with Crippen LogP contribution in [0.5, 0.6) is 0 Å². The highest BCUT2D eigenvalue weighted by molar-refractivity contribution is 5.92. The molecule has 0 amide bonds. The number of nitrogens with one attached hydrogen (secondary N) is 1. The molecule has 1 aliphatic heterocycles. The van der Waals surface area contributed by atoms with E-state index >= 15 is 0 Å². The standard InChI is InChI=1S/C5H5F5N2/c6-4(7,5(8,9)10)3-1-2-11-12-3/h11H,1-2H2. The van der Waals surface area contributed by atoms with E-state index in [0.29, 0.717) is 0 Å². The van der Waals surface area contributed by atoms with Crippen molar-refractivity contribution in [1.29, 1.82) is 0 Å². The van der Waals surface area contributed by atoms with Crippen molar-refractivity contribution in [3.63, 3.8) is 0 Å².